The average Bonchev–Trinajstić information content (AvgIpc) is 2.42. The zero-order valence-electron chi connectivity index (χ0n) is 11.6. The van der Waals surface area contributed by atoms with Gasteiger partial charge in [0.15, 0.2) is 0 Å². The van der Waals surface area contributed by atoms with Gasteiger partial charge < -0.3 is 5.73 Å². The maximum absolute atomic E-state index is 5.97. The van der Waals surface area contributed by atoms with Crippen LogP contribution in [-0.2, 0) is 0 Å². The molecule has 3 atom stereocenters. The molecule has 3 heteroatoms. The van der Waals surface area contributed by atoms with E-state index in [-0.39, 0.29) is 0 Å². The Hall–Kier alpha value is 0.01000. The highest BCUT2D eigenvalue weighted by Gasteiger charge is 2.29. The average molecular weight is 342 g/mol. The highest BCUT2D eigenvalue weighted by Crippen LogP contribution is 2.41. The van der Waals surface area contributed by atoms with Gasteiger partial charge in [0.2, 0.25) is 0 Å². The Labute approximate surface area is 129 Å². The fourth-order valence-corrected chi connectivity index (χ4v) is 4.76. The number of halogens is 1. The van der Waals surface area contributed by atoms with Crippen LogP contribution in [0.1, 0.15) is 39.0 Å². The Morgan fingerprint density at radius 3 is 2.63 bits per heavy atom. The van der Waals surface area contributed by atoms with E-state index in [1.807, 2.05) is 11.8 Å². The van der Waals surface area contributed by atoms with Gasteiger partial charge in [-0.2, -0.15) is 0 Å². The smallest absolute Gasteiger partial charge is 0.0176 e. The molecule has 1 aliphatic carbocycles. The molecule has 2 N–H and O–H groups in total. The first-order valence-electron chi connectivity index (χ1n) is 7.35. The predicted molar refractivity (Wildman–Crippen MR) is 88.6 cm³/mol. The summed E-state index contributed by atoms with van der Waals surface area (Å²) < 4.78 is 1.15. The second kappa shape index (κ2) is 7.70. The second-order valence-electron chi connectivity index (χ2n) is 5.57. The number of nitrogens with two attached hydrogens (primary N) is 1. The van der Waals surface area contributed by atoms with Crippen molar-refractivity contribution in [2.75, 3.05) is 6.54 Å². The van der Waals surface area contributed by atoms with Crippen LogP contribution in [0.3, 0.4) is 0 Å². The number of hydrogen-bond donors (Lipinski definition) is 1. The third-order valence-corrected chi connectivity index (χ3v) is 6.09. The van der Waals surface area contributed by atoms with Crippen LogP contribution in [0.4, 0.5) is 0 Å². The van der Waals surface area contributed by atoms with Crippen LogP contribution in [0.15, 0.2) is 33.6 Å². The third-order valence-electron chi connectivity index (χ3n) is 4.14. The summed E-state index contributed by atoms with van der Waals surface area (Å²) in [5, 5.41) is 0.705. The van der Waals surface area contributed by atoms with Gasteiger partial charge in [-0.3, -0.25) is 0 Å². The molecule has 19 heavy (non-hydrogen) atoms. The minimum Gasteiger partial charge on any atom is -0.330 e. The molecular formula is C16H24BrNS. The second-order valence-corrected chi connectivity index (χ2v) is 7.80. The lowest BCUT2D eigenvalue weighted by molar-refractivity contribution is 0.276. The van der Waals surface area contributed by atoms with E-state index in [2.05, 4.69) is 47.1 Å². The molecule has 1 aliphatic rings. The van der Waals surface area contributed by atoms with Gasteiger partial charge in [0.1, 0.15) is 0 Å². The lowest BCUT2D eigenvalue weighted by Gasteiger charge is -2.35. The van der Waals surface area contributed by atoms with Crippen molar-refractivity contribution in [3.8, 4) is 0 Å². The SMILES string of the molecule is CCCC1CCC(CN)C(Sc2ccc(Br)cc2)C1. The molecule has 2 rings (SSSR count). The van der Waals surface area contributed by atoms with E-state index in [1.54, 1.807) is 0 Å². The Bertz CT molecular complexity index is 379. The van der Waals surface area contributed by atoms with Crippen molar-refractivity contribution in [1.82, 2.24) is 0 Å². The molecule has 0 heterocycles. The van der Waals surface area contributed by atoms with Crippen molar-refractivity contribution < 1.29 is 0 Å². The van der Waals surface area contributed by atoms with E-state index in [9.17, 15) is 0 Å². The van der Waals surface area contributed by atoms with E-state index in [1.165, 1.54) is 37.0 Å². The summed E-state index contributed by atoms with van der Waals surface area (Å²) in [5.41, 5.74) is 5.97. The molecule has 1 saturated carbocycles. The minimum atomic E-state index is 0.696. The quantitative estimate of drug-likeness (QED) is 0.807. The maximum Gasteiger partial charge on any atom is 0.0176 e. The number of benzene rings is 1. The van der Waals surface area contributed by atoms with Crippen molar-refractivity contribution in [2.45, 2.75) is 49.2 Å². The summed E-state index contributed by atoms with van der Waals surface area (Å²) in [4.78, 5) is 1.38. The Morgan fingerprint density at radius 1 is 1.26 bits per heavy atom. The summed E-state index contributed by atoms with van der Waals surface area (Å²) >= 11 is 5.53. The molecule has 1 aromatic carbocycles. The summed E-state index contributed by atoms with van der Waals surface area (Å²) in [6, 6.07) is 8.69. The first kappa shape index (κ1) is 15.4. The van der Waals surface area contributed by atoms with Crippen molar-refractivity contribution in [3.63, 3.8) is 0 Å². The monoisotopic (exact) mass is 341 g/mol. The van der Waals surface area contributed by atoms with E-state index in [0.29, 0.717) is 11.2 Å². The standard InChI is InChI=1S/C16H24BrNS/c1-2-3-12-4-5-13(11-18)16(10-12)19-15-8-6-14(17)7-9-15/h6-9,12-13,16H,2-5,10-11,18H2,1H3. The fraction of sp³-hybridized carbons (Fsp3) is 0.625. The lowest BCUT2D eigenvalue weighted by Crippen LogP contribution is -2.32. The molecule has 0 amide bonds. The van der Waals surface area contributed by atoms with Gasteiger partial charge >= 0.3 is 0 Å². The van der Waals surface area contributed by atoms with Crippen LogP contribution in [0.5, 0.6) is 0 Å². The van der Waals surface area contributed by atoms with E-state index >= 15 is 0 Å². The highest BCUT2D eigenvalue weighted by atomic mass is 79.9. The molecule has 0 spiro atoms. The van der Waals surface area contributed by atoms with Crippen LogP contribution in [-0.4, -0.2) is 11.8 Å². The topological polar surface area (TPSA) is 26.0 Å². The highest BCUT2D eigenvalue weighted by molar-refractivity contribution is 9.10. The molecule has 0 saturated heterocycles. The van der Waals surface area contributed by atoms with Crippen molar-refractivity contribution in [1.29, 1.82) is 0 Å². The summed E-state index contributed by atoms with van der Waals surface area (Å²) in [6.45, 7) is 3.14. The van der Waals surface area contributed by atoms with Crippen LogP contribution >= 0.6 is 27.7 Å². The van der Waals surface area contributed by atoms with Gasteiger partial charge in [-0.1, -0.05) is 42.1 Å². The maximum atomic E-state index is 5.97. The largest absolute Gasteiger partial charge is 0.330 e. The van der Waals surface area contributed by atoms with Gasteiger partial charge in [-0.15, -0.1) is 11.8 Å². The lowest BCUT2D eigenvalue weighted by atomic mass is 9.80. The minimum absolute atomic E-state index is 0.696. The molecular weight excluding hydrogens is 318 g/mol. The van der Waals surface area contributed by atoms with Gasteiger partial charge in [-0.05, 0) is 55.5 Å². The third kappa shape index (κ3) is 4.51. The van der Waals surface area contributed by atoms with E-state index < -0.39 is 0 Å². The molecule has 0 radical (unpaired) electrons. The zero-order valence-corrected chi connectivity index (χ0v) is 14.1. The van der Waals surface area contributed by atoms with Gasteiger partial charge in [-0.25, -0.2) is 0 Å². The molecule has 3 unspecified atom stereocenters. The fourth-order valence-electron chi connectivity index (χ4n) is 3.05. The summed E-state index contributed by atoms with van der Waals surface area (Å²) in [5.74, 6) is 1.61. The van der Waals surface area contributed by atoms with E-state index in [4.69, 9.17) is 5.73 Å². The van der Waals surface area contributed by atoms with E-state index in [0.717, 1.165) is 16.9 Å². The molecule has 1 fully saturated rings. The Kier molecular flexibility index (Phi) is 6.24. The molecule has 0 aliphatic heterocycles. The van der Waals surface area contributed by atoms with Crippen molar-refractivity contribution in [3.05, 3.63) is 28.7 Å². The Morgan fingerprint density at radius 2 is 2.00 bits per heavy atom. The van der Waals surface area contributed by atoms with Crippen LogP contribution in [0.25, 0.3) is 0 Å². The number of rotatable bonds is 5. The first-order chi connectivity index (χ1) is 9.22. The van der Waals surface area contributed by atoms with Gasteiger partial charge in [0.05, 0.1) is 0 Å². The molecule has 106 valence electrons. The molecule has 1 nitrogen and oxygen atoms in total. The van der Waals surface area contributed by atoms with Crippen LogP contribution in [0.2, 0.25) is 0 Å². The van der Waals surface area contributed by atoms with Crippen molar-refractivity contribution >= 4 is 27.7 Å². The van der Waals surface area contributed by atoms with Crippen molar-refractivity contribution in [2.24, 2.45) is 17.6 Å². The molecule has 0 aromatic heterocycles. The van der Waals surface area contributed by atoms with Gasteiger partial charge in [0, 0.05) is 14.6 Å². The zero-order chi connectivity index (χ0) is 13.7. The summed E-state index contributed by atoms with van der Waals surface area (Å²) in [7, 11) is 0. The first-order valence-corrected chi connectivity index (χ1v) is 9.02. The molecule has 1 aromatic rings. The predicted octanol–water partition coefficient (Wildman–Crippen LogP) is 5.08. The van der Waals surface area contributed by atoms with Gasteiger partial charge in [0.25, 0.3) is 0 Å². The van der Waals surface area contributed by atoms with Crippen LogP contribution < -0.4 is 5.73 Å². The number of thioether (sulfide) groups is 1. The molecule has 0 bridgehead atoms. The number of hydrogen-bond acceptors (Lipinski definition) is 2. The normalized spacial score (nSPS) is 27.4. The van der Waals surface area contributed by atoms with Crippen LogP contribution in [0, 0.1) is 11.8 Å². The summed E-state index contributed by atoms with van der Waals surface area (Å²) in [6.07, 6.45) is 6.74. The Balaban J connectivity index is 1.99.